The smallest absolute Gasteiger partial charge is 0.144 e. The predicted octanol–water partition coefficient (Wildman–Crippen LogP) is 3.02. The molecule has 0 unspecified atom stereocenters. The first-order valence-corrected chi connectivity index (χ1v) is 6.13. The number of hydrogen-bond donors (Lipinski definition) is 0. The Morgan fingerprint density at radius 1 is 1.38 bits per heavy atom. The molecule has 1 rings (SSSR count). The van der Waals surface area contributed by atoms with E-state index in [-0.39, 0.29) is 5.82 Å². The fraction of sp³-hybridized carbons (Fsp3) is 0.417. The predicted molar refractivity (Wildman–Crippen MR) is 66.6 cm³/mol. The summed E-state index contributed by atoms with van der Waals surface area (Å²) >= 11 is 0. The fourth-order valence-electron chi connectivity index (χ4n) is 1.02. The van der Waals surface area contributed by atoms with Gasteiger partial charge in [0.05, 0.1) is 4.75 Å². The van der Waals surface area contributed by atoms with Crippen molar-refractivity contribution in [1.82, 2.24) is 0 Å². The molecule has 4 heteroatoms. The molecule has 0 N–H and O–H groups in total. The minimum atomic E-state index is -1.35. The molecule has 0 aliphatic rings. The van der Waals surface area contributed by atoms with Crippen LogP contribution >= 0.6 is 0 Å². The average Bonchev–Trinajstić information content (AvgIpc) is 2.17. The summed E-state index contributed by atoms with van der Waals surface area (Å²) in [6, 6.07) is 4.75. The van der Waals surface area contributed by atoms with Crippen molar-refractivity contribution < 1.29 is 8.60 Å². The Balaban J connectivity index is 2.93. The quantitative estimate of drug-likeness (QED) is 0.732. The molecule has 0 bridgehead atoms. The Hall–Kier alpha value is -1.03. The highest BCUT2D eigenvalue weighted by Gasteiger charge is 2.18. The average molecular weight is 241 g/mol. The maximum atomic E-state index is 13.3. The molecule has 0 heterocycles. The molecule has 0 radical (unpaired) electrons. The van der Waals surface area contributed by atoms with E-state index >= 15 is 0 Å². The summed E-state index contributed by atoms with van der Waals surface area (Å²) in [6.07, 6.45) is 1.34. The molecule has 88 valence electrons. The summed E-state index contributed by atoms with van der Waals surface area (Å²) < 4.78 is 28.4. The lowest BCUT2D eigenvalue weighted by molar-refractivity contribution is 0.625. The fourth-order valence-corrected chi connectivity index (χ4v) is 1.55. The van der Waals surface area contributed by atoms with E-state index in [1.807, 2.05) is 27.7 Å². The van der Waals surface area contributed by atoms with Gasteiger partial charge in [0.1, 0.15) is 16.8 Å². The molecule has 0 aromatic heterocycles. The van der Waals surface area contributed by atoms with Gasteiger partial charge in [-0.2, -0.15) is 4.40 Å². The number of benzene rings is 1. The van der Waals surface area contributed by atoms with Gasteiger partial charge >= 0.3 is 0 Å². The highest BCUT2D eigenvalue weighted by molar-refractivity contribution is 7.85. The van der Waals surface area contributed by atoms with Gasteiger partial charge in [-0.05, 0) is 39.8 Å². The molecule has 1 aromatic carbocycles. The van der Waals surface area contributed by atoms with Crippen LogP contribution in [0.5, 0.6) is 0 Å². The lowest BCUT2D eigenvalue weighted by Crippen LogP contribution is -2.19. The summed E-state index contributed by atoms with van der Waals surface area (Å²) in [6.45, 7) is 7.35. The summed E-state index contributed by atoms with van der Waals surface area (Å²) in [5, 5.41) is 0. The van der Waals surface area contributed by atoms with Crippen LogP contribution in [0, 0.1) is 12.7 Å². The molecule has 0 fully saturated rings. The maximum absolute atomic E-state index is 13.3. The molecular weight excluding hydrogens is 225 g/mol. The number of halogens is 1. The second-order valence-corrected chi connectivity index (χ2v) is 6.55. The van der Waals surface area contributed by atoms with Crippen molar-refractivity contribution in [2.45, 2.75) is 32.4 Å². The molecule has 0 aliphatic heterocycles. The Bertz CT molecular complexity index is 435. The lowest BCUT2D eigenvalue weighted by atomic mass is 10.1. The molecule has 16 heavy (non-hydrogen) atoms. The molecule has 0 saturated heterocycles. The van der Waals surface area contributed by atoms with Crippen molar-refractivity contribution in [2.75, 3.05) is 0 Å². The Morgan fingerprint density at radius 2 is 2.00 bits per heavy atom. The second kappa shape index (κ2) is 4.87. The summed E-state index contributed by atoms with van der Waals surface area (Å²) in [5.41, 5.74) is 1.32. The molecule has 0 spiro atoms. The highest BCUT2D eigenvalue weighted by atomic mass is 32.2. The Morgan fingerprint density at radius 3 is 2.56 bits per heavy atom. The number of rotatable bonds is 2. The zero-order chi connectivity index (χ0) is 12.3. The summed E-state index contributed by atoms with van der Waals surface area (Å²) in [7, 11) is -1.35. The zero-order valence-corrected chi connectivity index (χ0v) is 10.8. The minimum Gasteiger partial charge on any atom is -0.234 e. The second-order valence-electron chi connectivity index (χ2n) is 4.62. The van der Waals surface area contributed by atoms with Gasteiger partial charge in [-0.15, -0.1) is 0 Å². The SMILES string of the molecule is Cc1ccc(F)c(/C=N/[S@@](=O)C(C)(C)C)c1. The number of hydrogen-bond acceptors (Lipinski definition) is 1. The van der Waals surface area contributed by atoms with Crippen LogP contribution in [0.3, 0.4) is 0 Å². The van der Waals surface area contributed by atoms with E-state index in [0.29, 0.717) is 5.56 Å². The van der Waals surface area contributed by atoms with Gasteiger partial charge in [-0.25, -0.2) is 8.60 Å². The third-order valence-corrected chi connectivity index (χ3v) is 3.31. The van der Waals surface area contributed by atoms with Gasteiger partial charge in [0.2, 0.25) is 0 Å². The van der Waals surface area contributed by atoms with E-state index in [4.69, 9.17) is 0 Å². The topological polar surface area (TPSA) is 29.4 Å². The third-order valence-electron chi connectivity index (χ3n) is 1.96. The molecule has 1 aromatic rings. The van der Waals surface area contributed by atoms with E-state index in [0.717, 1.165) is 5.56 Å². The molecule has 0 amide bonds. The standard InChI is InChI=1S/C12H16FNOS/c1-9-5-6-11(13)10(7-9)8-14-16(15)12(2,3)4/h5-8H,1-4H3/b14-8+/t16-/m0/s1. The molecular formula is C12H16FNOS. The molecule has 2 nitrogen and oxygen atoms in total. The van der Waals surface area contributed by atoms with Gasteiger partial charge in [0, 0.05) is 11.8 Å². The van der Waals surface area contributed by atoms with Crippen LogP contribution in [0.15, 0.2) is 22.6 Å². The first-order chi connectivity index (χ1) is 7.30. The van der Waals surface area contributed by atoms with Crippen molar-refractivity contribution in [3.8, 4) is 0 Å². The monoisotopic (exact) mass is 241 g/mol. The van der Waals surface area contributed by atoms with Crippen LogP contribution in [-0.4, -0.2) is 15.2 Å². The van der Waals surface area contributed by atoms with E-state index in [9.17, 15) is 8.60 Å². The zero-order valence-electron chi connectivity index (χ0n) is 9.95. The minimum absolute atomic E-state index is 0.347. The highest BCUT2D eigenvalue weighted by Crippen LogP contribution is 2.13. The van der Waals surface area contributed by atoms with Crippen LogP contribution < -0.4 is 0 Å². The van der Waals surface area contributed by atoms with E-state index in [1.54, 1.807) is 12.1 Å². The van der Waals surface area contributed by atoms with Crippen molar-refractivity contribution in [3.05, 3.63) is 35.1 Å². The Kier molecular flexibility index (Phi) is 3.97. The van der Waals surface area contributed by atoms with Crippen molar-refractivity contribution in [3.63, 3.8) is 0 Å². The number of aryl methyl sites for hydroxylation is 1. The largest absolute Gasteiger partial charge is 0.234 e. The van der Waals surface area contributed by atoms with E-state index in [2.05, 4.69) is 4.40 Å². The van der Waals surface area contributed by atoms with Crippen molar-refractivity contribution >= 4 is 17.2 Å². The van der Waals surface area contributed by atoms with Crippen LogP contribution in [0.2, 0.25) is 0 Å². The normalized spacial score (nSPS) is 14.3. The summed E-state index contributed by atoms with van der Waals surface area (Å²) in [5.74, 6) is -0.347. The maximum Gasteiger partial charge on any atom is 0.144 e. The van der Waals surface area contributed by atoms with Crippen LogP contribution in [0.1, 0.15) is 31.9 Å². The summed E-state index contributed by atoms with van der Waals surface area (Å²) in [4.78, 5) is 0. The lowest BCUT2D eigenvalue weighted by Gasteiger charge is -2.12. The molecule has 0 aliphatic carbocycles. The van der Waals surface area contributed by atoms with Gasteiger partial charge in [-0.1, -0.05) is 11.6 Å². The van der Waals surface area contributed by atoms with Crippen molar-refractivity contribution in [2.24, 2.45) is 4.40 Å². The number of nitrogens with zero attached hydrogens (tertiary/aromatic N) is 1. The first kappa shape index (κ1) is 13.0. The third kappa shape index (κ3) is 3.52. The van der Waals surface area contributed by atoms with E-state index < -0.39 is 15.7 Å². The molecule has 0 saturated carbocycles. The van der Waals surface area contributed by atoms with E-state index in [1.165, 1.54) is 12.3 Å². The first-order valence-electron chi connectivity index (χ1n) is 5.03. The van der Waals surface area contributed by atoms with Crippen molar-refractivity contribution in [1.29, 1.82) is 0 Å². The van der Waals surface area contributed by atoms with Crippen LogP contribution in [-0.2, 0) is 11.0 Å². The Labute approximate surface area is 98.2 Å². The molecule has 1 atom stereocenters. The van der Waals surface area contributed by atoms with Crippen LogP contribution in [0.4, 0.5) is 4.39 Å². The van der Waals surface area contributed by atoms with Gasteiger partial charge < -0.3 is 0 Å². The van der Waals surface area contributed by atoms with Crippen LogP contribution in [0.25, 0.3) is 0 Å². The van der Waals surface area contributed by atoms with Gasteiger partial charge in [-0.3, -0.25) is 0 Å². The van der Waals surface area contributed by atoms with Gasteiger partial charge in [0.15, 0.2) is 0 Å². The van der Waals surface area contributed by atoms with Gasteiger partial charge in [0.25, 0.3) is 0 Å².